The molecule has 0 bridgehead atoms. The first kappa shape index (κ1) is 16.9. The van der Waals surface area contributed by atoms with Crippen LogP contribution in [0.5, 0.6) is 0 Å². The van der Waals surface area contributed by atoms with Gasteiger partial charge in [0.25, 0.3) is 0 Å². The van der Waals surface area contributed by atoms with Crippen LogP contribution in [0.2, 0.25) is 0 Å². The van der Waals surface area contributed by atoms with E-state index in [-0.39, 0.29) is 11.8 Å². The Labute approximate surface area is 109 Å². The van der Waals surface area contributed by atoms with Gasteiger partial charge in [0.05, 0.1) is 6.04 Å². The maximum Gasteiger partial charge on any atom is 0.329 e. The molecule has 0 aromatic carbocycles. The summed E-state index contributed by atoms with van der Waals surface area (Å²) in [6, 6.07) is -1.27. The lowest BCUT2D eigenvalue weighted by Crippen LogP contribution is -2.49. The van der Waals surface area contributed by atoms with Gasteiger partial charge < -0.3 is 15.8 Å². The molecule has 0 spiro atoms. The SMILES string of the molecule is CC(C)C[C@@H](NC(=O)[C@@H](C)N)C(=O)OC(C)(C)C. The molecule has 0 unspecified atom stereocenters. The van der Waals surface area contributed by atoms with Crippen LogP contribution < -0.4 is 11.1 Å². The fourth-order valence-electron chi connectivity index (χ4n) is 1.36. The van der Waals surface area contributed by atoms with Crippen molar-refractivity contribution in [2.45, 2.75) is 65.6 Å². The van der Waals surface area contributed by atoms with Crippen LogP contribution >= 0.6 is 0 Å². The quantitative estimate of drug-likeness (QED) is 0.726. The minimum absolute atomic E-state index is 0.274. The molecule has 0 aliphatic heterocycles. The second kappa shape index (κ2) is 6.73. The van der Waals surface area contributed by atoms with Crippen LogP contribution in [0, 0.1) is 5.92 Å². The highest BCUT2D eigenvalue weighted by Crippen LogP contribution is 2.12. The summed E-state index contributed by atoms with van der Waals surface area (Å²) in [5, 5.41) is 2.63. The molecular formula is C13H26N2O3. The van der Waals surface area contributed by atoms with Gasteiger partial charge in [0.2, 0.25) is 5.91 Å². The highest BCUT2D eigenvalue weighted by Gasteiger charge is 2.27. The molecule has 5 heteroatoms. The van der Waals surface area contributed by atoms with Gasteiger partial charge in [0.1, 0.15) is 11.6 Å². The fourth-order valence-corrected chi connectivity index (χ4v) is 1.36. The third-order valence-corrected chi connectivity index (χ3v) is 2.13. The Bertz CT molecular complexity index is 293. The first-order valence-corrected chi connectivity index (χ1v) is 6.31. The topological polar surface area (TPSA) is 81.4 Å². The molecular weight excluding hydrogens is 232 g/mol. The van der Waals surface area contributed by atoms with Crippen LogP contribution in [0.1, 0.15) is 48.0 Å². The molecule has 106 valence electrons. The summed E-state index contributed by atoms with van der Waals surface area (Å²) in [6.07, 6.45) is 0.535. The minimum atomic E-state index is -0.637. The summed E-state index contributed by atoms with van der Waals surface area (Å²) in [7, 11) is 0. The average molecular weight is 258 g/mol. The van der Waals surface area contributed by atoms with E-state index in [1.165, 1.54) is 0 Å². The molecule has 0 heterocycles. The molecule has 0 fully saturated rings. The van der Waals surface area contributed by atoms with Crippen molar-refractivity contribution in [3.05, 3.63) is 0 Å². The molecule has 0 aliphatic carbocycles. The number of rotatable bonds is 5. The second-order valence-corrected chi connectivity index (χ2v) is 6.01. The van der Waals surface area contributed by atoms with Crippen LogP contribution in [-0.2, 0) is 14.3 Å². The minimum Gasteiger partial charge on any atom is -0.458 e. The van der Waals surface area contributed by atoms with Crippen molar-refractivity contribution in [1.82, 2.24) is 5.32 Å². The Kier molecular flexibility index (Phi) is 6.32. The lowest BCUT2D eigenvalue weighted by atomic mass is 10.0. The normalized spacial score (nSPS) is 15.1. The Morgan fingerprint density at radius 3 is 2.06 bits per heavy atom. The van der Waals surface area contributed by atoms with Crippen molar-refractivity contribution in [2.24, 2.45) is 11.7 Å². The summed E-state index contributed by atoms with van der Waals surface area (Å²) in [6.45, 7) is 10.9. The summed E-state index contributed by atoms with van der Waals surface area (Å²) in [4.78, 5) is 23.5. The molecule has 0 rings (SSSR count). The van der Waals surface area contributed by atoms with Crippen molar-refractivity contribution >= 4 is 11.9 Å². The van der Waals surface area contributed by atoms with Gasteiger partial charge in [-0.2, -0.15) is 0 Å². The van der Waals surface area contributed by atoms with E-state index in [1.807, 2.05) is 13.8 Å². The molecule has 5 nitrogen and oxygen atoms in total. The number of hydrogen-bond acceptors (Lipinski definition) is 4. The van der Waals surface area contributed by atoms with E-state index in [0.29, 0.717) is 6.42 Å². The largest absolute Gasteiger partial charge is 0.458 e. The number of esters is 1. The monoisotopic (exact) mass is 258 g/mol. The van der Waals surface area contributed by atoms with Gasteiger partial charge in [0.15, 0.2) is 0 Å². The van der Waals surface area contributed by atoms with Crippen molar-refractivity contribution in [3.63, 3.8) is 0 Å². The van der Waals surface area contributed by atoms with Gasteiger partial charge in [-0.3, -0.25) is 4.79 Å². The molecule has 2 atom stereocenters. The Morgan fingerprint density at radius 1 is 1.22 bits per heavy atom. The third-order valence-electron chi connectivity index (χ3n) is 2.13. The van der Waals surface area contributed by atoms with Crippen molar-refractivity contribution in [2.75, 3.05) is 0 Å². The maximum absolute atomic E-state index is 12.0. The van der Waals surface area contributed by atoms with Gasteiger partial charge in [-0.05, 0) is 40.0 Å². The number of nitrogens with one attached hydrogen (secondary N) is 1. The first-order chi connectivity index (χ1) is 8.03. The van der Waals surface area contributed by atoms with E-state index in [9.17, 15) is 9.59 Å². The summed E-state index contributed by atoms with van der Waals surface area (Å²) < 4.78 is 5.29. The Hall–Kier alpha value is -1.10. The highest BCUT2D eigenvalue weighted by molar-refractivity contribution is 5.87. The van der Waals surface area contributed by atoms with Crippen LogP contribution in [0.15, 0.2) is 0 Å². The number of hydrogen-bond donors (Lipinski definition) is 2. The maximum atomic E-state index is 12.0. The van der Waals surface area contributed by atoms with Crippen LogP contribution in [0.25, 0.3) is 0 Å². The third kappa shape index (κ3) is 7.27. The second-order valence-electron chi connectivity index (χ2n) is 6.01. The molecule has 0 aromatic rings. The zero-order valence-corrected chi connectivity index (χ0v) is 12.2. The molecule has 0 radical (unpaired) electrons. The number of ether oxygens (including phenoxy) is 1. The molecule has 1 amide bonds. The number of amides is 1. The van der Waals surface area contributed by atoms with Crippen LogP contribution in [-0.4, -0.2) is 29.6 Å². The van der Waals surface area contributed by atoms with Gasteiger partial charge in [-0.15, -0.1) is 0 Å². The fraction of sp³-hybridized carbons (Fsp3) is 0.846. The van der Waals surface area contributed by atoms with E-state index in [4.69, 9.17) is 10.5 Å². The predicted octanol–water partition coefficient (Wildman–Crippen LogP) is 1.21. The summed E-state index contributed by atoms with van der Waals surface area (Å²) >= 11 is 0. The van der Waals surface area contributed by atoms with E-state index in [0.717, 1.165) is 0 Å². The first-order valence-electron chi connectivity index (χ1n) is 6.31. The van der Waals surface area contributed by atoms with E-state index >= 15 is 0 Å². The lowest BCUT2D eigenvalue weighted by Gasteiger charge is -2.26. The van der Waals surface area contributed by atoms with Crippen molar-refractivity contribution < 1.29 is 14.3 Å². The smallest absolute Gasteiger partial charge is 0.329 e. The van der Waals surface area contributed by atoms with Crippen LogP contribution in [0.4, 0.5) is 0 Å². The number of carbonyl (C=O) groups is 2. The van der Waals surface area contributed by atoms with Gasteiger partial charge in [0, 0.05) is 0 Å². The molecule has 0 aromatic heterocycles. The van der Waals surface area contributed by atoms with E-state index in [2.05, 4.69) is 5.32 Å². The highest BCUT2D eigenvalue weighted by atomic mass is 16.6. The lowest BCUT2D eigenvalue weighted by molar-refractivity contribution is -0.159. The summed E-state index contributed by atoms with van der Waals surface area (Å²) in [5.41, 5.74) is 4.91. The van der Waals surface area contributed by atoms with Crippen molar-refractivity contribution in [1.29, 1.82) is 0 Å². The molecule has 0 saturated carbocycles. The van der Waals surface area contributed by atoms with Gasteiger partial charge in [-0.1, -0.05) is 13.8 Å². The zero-order valence-electron chi connectivity index (χ0n) is 12.2. The zero-order chi connectivity index (χ0) is 14.5. The average Bonchev–Trinajstić information content (AvgIpc) is 2.12. The molecule has 0 aliphatic rings. The van der Waals surface area contributed by atoms with Crippen molar-refractivity contribution in [3.8, 4) is 0 Å². The molecule has 0 saturated heterocycles. The number of carbonyl (C=O) groups excluding carboxylic acids is 2. The predicted molar refractivity (Wildman–Crippen MR) is 70.9 cm³/mol. The van der Waals surface area contributed by atoms with E-state index < -0.39 is 23.7 Å². The Balaban J connectivity index is 4.67. The van der Waals surface area contributed by atoms with Gasteiger partial charge in [-0.25, -0.2) is 4.79 Å². The standard InChI is InChI=1S/C13H26N2O3/c1-8(2)7-10(15-11(16)9(3)14)12(17)18-13(4,5)6/h8-10H,7,14H2,1-6H3,(H,15,16)/t9-,10-/m1/s1. The summed E-state index contributed by atoms with van der Waals surface area (Å²) in [5.74, 6) is -0.479. The molecule has 3 N–H and O–H groups in total. The van der Waals surface area contributed by atoms with E-state index in [1.54, 1.807) is 27.7 Å². The number of nitrogens with two attached hydrogens (primary N) is 1. The Morgan fingerprint density at radius 2 is 1.72 bits per heavy atom. The van der Waals surface area contributed by atoms with Gasteiger partial charge >= 0.3 is 5.97 Å². The van der Waals surface area contributed by atoms with Crippen LogP contribution in [0.3, 0.4) is 0 Å². The molecule has 18 heavy (non-hydrogen) atoms.